The van der Waals surface area contributed by atoms with Gasteiger partial charge in [-0.3, -0.25) is 9.58 Å². The zero-order valence-corrected chi connectivity index (χ0v) is 17.9. The minimum absolute atomic E-state index is 0.0281. The Hall–Kier alpha value is -2.18. The second kappa shape index (κ2) is 8.99. The molecule has 0 bridgehead atoms. The van der Waals surface area contributed by atoms with Gasteiger partial charge in [-0.05, 0) is 25.7 Å². The maximum absolute atomic E-state index is 15.0. The average Bonchev–Trinajstić information content (AvgIpc) is 3.21. The molecule has 178 valence electrons. The molecule has 4 N–H and O–H groups in total. The van der Waals surface area contributed by atoms with Crippen LogP contribution in [-0.4, -0.2) is 71.0 Å². The van der Waals surface area contributed by atoms with Crippen LogP contribution in [0.3, 0.4) is 0 Å². The summed E-state index contributed by atoms with van der Waals surface area (Å²) in [6, 6.07) is -0.0400. The van der Waals surface area contributed by atoms with Crippen molar-refractivity contribution in [3.8, 4) is 0 Å². The standard InChI is InChI=1S/C20H29F4N7O/c1-2-19(25)17(20(22,23)24)10-26-18(29-19)28-13-9-27-31(11-13)16-3-6-30(12-15(16)21)14-4-7-32-8-5-14/h9-11,14-16H,2-8,12,25H2,1H3,(H2,26,28,29)/t15-,16-,19?/m1/s1. The van der Waals surface area contributed by atoms with E-state index < -0.39 is 29.6 Å². The first kappa shape index (κ1) is 23.0. The maximum Gasteiger partial charge on any atom is 0.417 e. The summed E-state index contributed by atoms with van der Waals surface area (Å²) in [5.41, 5.74) is 3.57. The molecule has 2 fully saturated rings. The van der Waals surface area contributed by atoms with Crippen molar-refractivity contribution >= 4 is 11.6 Å². The Morgan fingerprint density at radius 1 is 1.31 bits per heavy atom. The van der Waals surface area contributed by atoms with Gasteiger partial charge in [0.25, 0.3) is 0 Å². The van der Waals surface area contributed by atoms with Crippen molar-refractivity contribution < 1.29 is 22.3 Å². The zero-order chi connectivity index (χ0) is 22.9. The first-order chi connectivity index (χ1) is 15.2. The van der Waals surface area contributed by atoms with Gasteiger partial charge in [0.15, 0.2) is 0 Å². The Bertz CT molecular complexity index is 864. The molecule has 4 heterocycles. The van der Waals surface area contributed by atoms with E-state index in [-0.39, 0.29) is 12.4 Å². The van der Waals surface area contributed by atoms with Crippen molar-refractivity contribution in [1.29, 1.82) is 0 Å². The molecule has 8 nitrogen and oxygen atoms in total. The van der Waals surface area contributed by atoms with E-state index in [1.807, 2.05) is 0 Å². The smallest absolute Gasteiger partial charge is 0.381 e. The molecule has 32 heavy (non-hydrogen) atoms. The van der Waals surface area contributed by atoms with Crippen LogP contribution in [0.15, 0.2) is 29.2 Å². The summed E-state index contributed by atoms with van der Waals surface area (Å²) in [6.07, 6.45) is 0.741. The average molecular weight is 459 g/mol. The fraction of sp³-hybridized carbons (Fsp3) is 0.700. The summed E-state index contributed by atoms with van der Waals surface area (Å²) in [5.74, 6) is 0.0769. The van der Waals surface area contributed by atoms with Crippen LogP contribution in [0.25, 0.3) is 0 Å². The number of ether oxygens (including phenoxy) is 1. The lowest BCUT2D eigenvalue weighted by Crippen LogP contribution is -2.51. The third kappa shape index (κ3) is 4.76. The summed E-state index contributed by atoms with van der Waals surface area (Å²) < 4.78 is 61.7. The van der Waals surface area contributed by atoms with Gasteiger partial charge in [0, 0.05) is 44.7 Å². The monoisotopic (exact) mass is 459 g/mol. The van der Waals surface area contributed by atoms with Crippen molar-refractivity contribution in [2.24, 2.45) is 10.7 Å². The van der Waals surface area contributed by atoms with Crippen LogP contribution in [0.1, 0.15) is 38.6 Å². The number of guanidine groups is 1. The number of alkyl halides is 4. The molecule has 0 saturated carbocycles. The number of piperidine rings is 1. The van der Waals surface area contributed by atoms with Crippen molar-refractivity contribution in [2.45, 2.75) is 62.7 Å². The van der Waals surface area contributed by atoms with Gasteiger partial charge in [-0.1, -0.05) is 6.92 Å². The lowest BCUT2D eigenvalue weighted by Gasteiger charge is -2.40. The van der Waals surface area contributed by atoms with E-state index in [0.29, 0.717) is 24.7 Å². The fourth-order valence-corrected chi connectivity index (χ4v) is 4.53. The van der Waals surface area contributed by atoms with E-state index in [1.165, 1.54) is 13.1 Å². The van der Waals surface area contributed by atoms with Crippen molar-refractivity contribution in [3.63, 3.8) is 0 Å². The molecule has 0 aromatic carbocycles. The minimum Gasteiger partial charge on any atom is -0.381 e. The molecule has 0 spiro atoms. The largest absolute Gasteiger partial charge is 0.417 e. The van der Waals surface area contributed by atoms with Crippen LogP contribution in [0.5, 0.6) is 0 Å². The topological polar surface area (TPSA) is 92.7 Å². The van der Waals surface area contributed by atoms with Crippen LogP contribution >= 0.6 is 0 Å². The fourth-order valence-electron chi connectivity index (χ4n) is 4.53. The van der Waals surface area contributed by atoms with Gasteiger partial charge < -0.3 is 21.1 Å². The predicted octanol–water partition coefficient (Wildman–Crippen LogP) is 2.53. The highest BCUT2D eigenvalue weighted by Gasteiger charge is 2.47. The summed E-state index contributed by atoms with van der Waals surface area (Å²) in [7, 11) is 0. The Labute approximate surface area is 183 Å². The second-order valence-electron chi connectivity index (χ2n) is 8.48. The molecular formula is C20H29F4N7O. The first-order valence-electron chi connectivity index (χ1n) is 10.9. The molecule has 1 aromatic rings. The minimum atomic E-state index is -4.59. The molecule has 4 rings (SSSR count). The van der Waals surface area contributed by atoms with E-state index in [4.69, 9.17) is 10.5 Å². The van der Waals surface area contributed by atoms with Crippen molar-refractivity contribution in [3.05, 3.63) is 24.2 Å². The number of hydrogen-bond acceptors (Lipinski definition) is 7. The van der Waals surface area contributed by atoms with Gasteiger partial charge in [-0.15, -0.1) is 0 Å². The molecule has 2 saturated heterocycles. The third-order valence-corrected chi connectivity index (χ3v) is 6.43. The van der Waals surface area contributed by atoms with Crippen molar-refractivity contribution in [1.82, 2.24) is 20.0 Å². The Morgan fingerprint density at radius 3 is 2.72 bits per heavy atom. The molecule has 0 amide bonds. The summed E-state index contributed by atoms with van der Waals surface area (Å²) in [4.78, 5) is 6.23. The van der Waals surface area contributed by atoms with E-state index in [2.05, 4.69) is 25.6 Å². The number of nitrogens with zero attached hydrogens (tertiary/aromatic N) is 4. The van der Waals surface area contributed by atoms with E-state index >= 15 is 0 Å². The number of aromatic nitrogens is 2. The van der Waals surface area contributed by atoms with Crippen molar-refractivity contribution in [2.75, 3.05) is 31.6 Å². The van der Waals surface area contributed by atoms with Gasteiger partial charge >= 0.3 is 6.18 Å². The zero-order valence-electron chi connectivity index (χ0n) is 17.9. The van der Waals surface area contributed by atoms with Crippen LogP contribution in [-0.2, 0) is 4.74 Å². The first-order valence-corrected chi connectivity index (χ1v) is 10.9. The molecule has 3 atom stereocenters. The van der Waals surface area contributed by atoms with Gasteiger partial charge in [0.1, 0.15) is 11.8 Å². The van der Waals surface area contributed by atoms with Crippen LogP contribution < -0.4 is 16.4 Å². The third-order valence-electron chi connectivity index (χ3n) is 6.43. The summed E-state index contributed by atoms with van der Waals surface area (Å²) >= 11 is 0. The van der Waals surface area contributed by atoms with E-state index in [9.17, 15) is 17.6 Å². The Morgan fingerprint density at radius 2 is 2.06 bits per heavy atom. The van der Waals surface area contributed by atoms with Gasteiger partial charge in [0.05, 0.1) is 23.5 Å². The van der Waals surface area contributed by atoms with Gasteiger partial charge in [-0.2, -0.15) is 18.3 Å². The highest BCUT2D eigenvalue weighted by Crippen LogP contribution is 2.36. The van der Waals surface area contributed by atoms with Gasteiger partial charge in [-0.25, -0.2) is 9.38 Å². The molecule has 3 aliphatic rings. The Balaban J connectivity index is 1.39. The molecule has 0 aliphatic carbocycles. The lowest BCUT2D eigenvalue weighted by molar-refractivity contribution is -0.101. The number of nitrogens with two attached hydrogens (primary N) is 1. The van der Waals surface area contributed by atoms with Crippen LogP contribution in [0.2, 0.25) is 0 Å². The number of anilines is 1. The quantitative estimate of drug-likeness (QED) is 0.600. The summed E-state index contributed by atoms with van der Waals surface area (Å²) in [6.45, 7) is 4.11. The highest BCUT2D eigenvalue weighted by atomic mass is 19.4. The number of hydrogen-bond donors (Lipinski definition) is 3. The normalized spacial score (nSPS) is 30.4. The molecule has 0 radical (unpaired) electrons. The molecule has 1 unspecified atom stereocenters. The van der Waals surface area contributed by atoms with Gasteiger partial charge in [0.2, 0.25) is 5.96 Å². The summed E-state index contributed by atoms with van der Waals surface area (Å²) in [5, 5.41) is 9.67. The number of nitrogens with one attached hydrogen (secondary N) is 2. The molecular weight excluding hydrogens is 430 g/mol. The van der Waals surface area contributed by atoms with E-state index in [1.54, 1.807) is 10.9 Å². The lowest BCUT2D eigenvalue weighted by atomic mass is 9.97. The second-order valence-corrected chi connectivity index (χ2v) is 8.48. The van der Waals surface area contributed by atoms with E-state index in [0.717, 1.165) is 38.8 Å². The molecule has 12 heteroatoms. The predicted molar refractivity (Wildman–Crippen MR) is 112 cm³/mol. The molecule has 1 aromatic heterocycles. The molecule has 3 aliphatic heterocycles. The van der Waals surface area contributed by atoms with Crippen LogP contribution in [0, 0.1) is 0 Å². The maximum atomic E-state index is 15.0. The highest BCUT2D eigenvalue weighted by molar-refractivity contribution is 5.95. The number of aliphatic imine (C=N–C) groups is 1. The van der Waals surface area contributed by atoms with Crippen LogP contribution in [0.4, 0.5) is 23.2 Å². The number of likely N-dealkylation sites (tertiary alicyclic amines) is 1. The number of halogens is 4. The number of rotatable bonds is 4. The SMILES string of the molecule is CCC1(N)N=C(Nc2cnn([C@@H]3CCN(C4CCOCC4)C[C@H]3F)c2)NC=C1C(F)(F)F. The Kier molecular flexibility index (Phi) is 6.46.